The zero-order valence-electron chi connectivity index (χ0n) is 12.5. The molecule has 0 spiro atoms. The Morgan fingerprint density at radius 1 is 1.46 bits per heavy atom. The number of anilines is 1. The molecule has 1 aliphatic carbocycles. The van der Waals surface area contributed by atoms with Gasteiger partial charge < -0.3 is 4.74 Å². The summed E-state index contributed by atoms with van der Waals surface area (Å²) >= 11 is 5.94. The molecule has 1 fully saturated rings. The van der Waals surface area contributed by atoms with Gasteiger partial charge in [-0.2, -0.15) is 5.10 Å². The molecule has 0 radical (unpaired) electrons. The van der Waals surface area contributed by atoms with Crippen molar-refractivity contribution in [3.8, 4) is 0 Å². The molecule has 1 unspecified atom stereocenters. The molecule has 1 atom stereocenters. The first-order valence-corrected chi connectivity index (χ1v) is 8.81. The number of hydrogen-bond donors (Lipinski definition) is 1. The maximum Gasteiger partial charge on any atom is 0.272 e. The smallest absolute Gasteiger partial charge is 0.272 e. The Morgan fingerprint density at radius 2 is 2.17 bits per heavy atom. The number of methoxy groups -OCH3 is 1. The van der Waals surface area contributed by atoms with Crippen molar-refractivity contribution in [1.29, 1.82) is 0 Å². The van der Waals surface area contributed by atoms with E-state index in [9.17, 15) is 17.2 Å². The Kier molecular flexibility index (Phi) is 4.27. The molecule has 1 aromatic heterocycles. The molecule has 6 nitrogen and oxygen atoms in total. The number of ether oxygens (including phenoxy) is 1. The van der Waals surface area contributed by atoms with Gasteiger partial charge in [0.2, 0.25) is 0 Å². The zero-order chi connectivity index (χ0) is 17.5. The van der Waals surface area contributed by atoms with Gasteiger partial charge in [0.15, 0.2) is 0 Å². The van der Waals surface area contributed by atoms with E-state index in [0.717, 1.165) is 4.68 Å². The summed E-state index contributed by atoms with van der Waals surface area (Å²) in [5.74, 6) is -2.89. The summed E-state index contributed by atoms with van der Waals surface area (Å²) in [5, 5.41) is 4.01. The second-order valence-corrected chi connectivity index (χ2v) is 7.59. The highest BCUT2D eigenvalue weighted by Gasteiger charge is 2.59. The van der Waals surface area contributed by atoms with Crippen LogP contribution < -0.4 is 4.72 Å². The van der Waals surface area contributed by atoms with Gasteiger partial charge >= 0.3 is 0 Å². The van der Waals surface area contributed by atoms with E-state index in [1.165, 1.54) is 31.5 Å². The molecule has 2 aromatic rings. The van der Waals surface area contributed by atoms with Crippen LogP contribution in [0, 0.1) is 0 Å². The largest absolute Gasteiger partial charge is 0.380 e. The molecule has 1 N–H and O–H groups in total. The number of aromatic nitrogens is 2. The van der Waals surface area contributed by atoms with Crippen LogP contribution in [0.2, 0.25) is 5.02 Å². The molecular formula is C14H14ClF2N3O3S. The number of sulfonamides is 1. The van der Waals surface area contributed by atoms with Gasteiger partial charge in [0, 0.05) is 24.6 Å². The van der Waals surface area contributed by atoms with Crippen molar-refractivity contribution < 1.29 is 21.9 Å². The van der Waals surface area contributed by atoms with E-state index in [2.05, 4.69) is 9.82 Å². The monoisotopic (exact) mass is 377 g/mol. The summed E-state index contributed by atoms with van der Waals surface area (Å²) in [6.07, 6.45) is 0.902. The topological polar surface area (TPSA) is 73.2 Å². The first-order valence-electron chi connectivity index (χ1n) is 6.95. The normalized spacial score (nSPS) is 19.2. The summed E-state index contributed by atoms with van der Waals surface area (Å²) in [6, 6.07) is 4.46. The standard InChI is InChI=1S/C14H14ClF2N3O3S/c1-23-8-9-4-10(15)6-11(5-9)24(21,22)19-13-2-3-18-20(13)12-7-14(12,16)17/h2-6,12,19H,7-8H2,1H3. The molecule has 24 heavy (non-hydrogen) atoms. The first kappa shape index (κ1) is 17.1. The highest BCUT2D eigenvalue weighted by molar-refractivity contribution is 7.92. The number of nitrogens with zero attached hydrogens (tertiary/aromatic N) is 2. The second kappa shape index (κ2) is 5.98. The summed E-state index contributed by atoms with van der Waals surface area (Å²) < 4.78 is 59.7. The van der Waals surface area contributed by atoms with Crippen LogP contribution in [0.5, 0.6) is 0 Å². The quantitative estimate of drug-likeness (QED) is 0.839. The summed E-state index contributed by atoms with van der Waals surface area (Å²) in [5.41, 5.74) is 0.576. The van der Waals surface area contributed by atoms with Gasteiger partial charge in [0.25, 0.3) is 15.9 Å². The minimum absolute atomic E-state index is 0.0227. The van der Waals surface area contributed by atoms with Crippen LogP contribution in [0.25, 0.3) is 0 Å². The van der Waals surface area contributed by atoms with E-state index in [-0.39, 0.29) is 28.8 Å². The Balaban J connectivity index is 1.89. The van der Waals surface area contributed by atoms with Crippen LogP contribution >= 0.6 is 11.6 Å². The minimum atomic E-state index is -4.01. The number of hydrogen-bond acceptors (Lipinski definition) is 4. The van der Waals surface area contributed by atoms with Crippen molar-refractivity contribution in [3.05, 3.63) is 41.0 Å². The van der Waals surface area contributed by atoms with Crippen LogP contribution in [-0.2, 0) is 21.4 Å². The van der Waals surface area contributed by atoms with Crippen molar-refractivity contribution in [1.82, 2.24) is 9.78 Å². The molecule has 0 amide bonds. The van der Waals surface area contributed by atoms with Crippen molar-refractivity contribution in [3.63, 3.8) is 0 Å². The van der Waals surface area contributed by atoms with E-state index >= 15 is 0 Å². The van der Waals surface area contributed by atoms with Gasteiger partial charge in [-0.3, -0.25) is 4.72 Å². The van der Waals surface area contributed by atoms with E-state index in [0.29, 0.717) is 5.56 Å². The third kappa shape index (κ3) is 3.38. The molecule has 1 saturated carbocycles. The second-order valence-electron chi connectivity index (χ2n) is 5.48. The predicted molar refractivity (Wildman–Crippen MR) is 83.8 cm³/mol. The number of rotatable bonds is 6. The van der Waals surface area contributed by atoms with Crippen molar-refractivity contribution in [2.24, 2.45) is 0 Å². The van der Waals surface area contributed by atoms with Crippen LogP contribution in [-0.4, -0.2) is 31.2 Å². The molecule has 3 rings (SSSR count). The van der Waals surface area contributed by atoms with E-state index < -0.39 is 22.0 Å². The number of nitrogens with one attached hydrogen (secondary N) is 1. The fourth-order valence-electron chi connectivity index (χ4n) is 2.33. The van der Waals surface area contributed by atoms with Gasteiger partial charge in [0.1, 0.15) is 11.9 Å². The number of alkyl halides is 2. The molecule has 0 saturated heterocycles. The van der Waals surface area contributed by atoms with Gasteiger partial charge in [-0.25, -0.2) is 21.9 Å². The lowest BCUT2D eigenvalue weighted by Crippen LogP contribution is -2.17. The van der Waals surface area contributed by atoms with Crippen molar-refractivity contribution in [2.75, 3.05) is 11.8 Å². The van der Waals surface area contributed by atoms with Gasteiger partial charge in [-0.15, -0.1) is 0 Å². The number of benzene rings is 1. The van der Waals surface area contributed by atoms with Crippen molar-refractivity contribution in [2.45, 2.75) is 29.9 Å². The molecule has 1 heterocycles. The predicted octanol–water partition coefficient (Wildman–Crippen LogP) is 3.06. The van der Waals surface area contributed by atoms with E-state index in [1.807, 2.05) is 0 Å². The highest BCUT2D eigenvalue weighted by Crippen LogP contribution is 2.53. The van der Waals surface area contributed by atoms with Crippen LogP contribution in [0.1, 0.15) is 18.0 Å². The molecule has 10 heteroatoms. The maximum absolute atomic E-state index is 13.2. The Morgan fingerprint density at radius 3 is 2.79 bits per heavy atom. The Hall–Kier alpha value is -1.71. The molecule has 0 aliphatic heterocycles. The third-order valence-corrected chi connectivity index (χ3v) is 5.10. The maximum atomic E-state index is 13.2. The van der Waals surface area contributed by atoms with Gasteiger partial charge in [-0.1, -0.05) is 11.6 Å². The highest BCUT2D eigenvalue weighted by atomic mass is 35.5. The summed E-state index contributed by atoms with van der Waals surface area (Å²) in [4.78, 5) is -0.0858. The lowest BCUT2D eigenvalue weighted by Gasteiger charge is -2.11. The molecule has 1 aliphatic rings. The van der Waals surface area contributed by atoms with Gasteiger partial charge in [-0.05, 0) is 23.8 Å². The third-order valence-electron chi connectivity index (χ3n) is 3.55. The fraction of sp³-hybridized carbons (Fsp3) is 0.357. The zero-order valence-corrected chi connectivity index (χ0v) is 14.1. The molecule has 0 bridgehead atoms. The first-order chi connectivity index (χ1) is 11.2. The van der Waals surface area contributed by atoms with Crippen LogP contribution in [0.4, 0.5) is 14.6 Å². The lowest BCUT2D eigenvalue weighted by atomic mass is 10.2. The molecule has 130 valence electrons. The van der Waals surface area contributed by atoms with Crippen molar-refractivity contribution >= 4 is 27.4 Å². The van der Waals surface area contributed by atoms with E-state index in [4.69, 9.17) is 16.3 Å². The average Bonchev–Trinajstić information content (AvgIpc) is 2.90. The summed E-state index contributed by atoms with van der Waals surface area (Å²) in [6.45, 7) is 0.190. The SMILES string of the molecule is COCc1cc(Cl)cc(S(=O)(=O)Nc2ccnn2C2CC2(F)F)c1. The Bertz CT molecular complexity index is 870. The Labute approximate surface area is 142 Å². The lowest BCUT2D eigenvalue weighted by molar-refractivity contribution is 0.0988. The van der Waals surface area contributed by atoms with Crippen LogP contribution in [0.3, 0.4) is 0 Å². The molecular weight excluding hydrogens is 364 g/mol. The minimum Gasteiger partial charge on any atom is -0.380 e. The summed E-state index contributed by atoms with van der Waals surface area (Å²) in [7, 11) is -2.53. The van der Waals surface area contributed by atoms with E-state index in [1.54, 1.807) is 6.07 Å². The number of halogens is 3. The van der Waals surface area contributed by atoms with Crippen LogP contribution in [0.15, 0.2) is 35.4 Å². The molecule has 1 aromatic carbocycles. The van der Waals surface area contributed by atoms with Gasteiger partial charge in [0.05, 0.1) is 17.7 Å². The average molecular weight is 378 g/mol. The fourth-order valence-corrected chi connectivity index (χ4v) is 3.80.